The van der Waals surface area contributed by atoms with Crippen molar-refractivity contribution in [1.82, 2.24) is 19.9 Å². The highest BCUT2D eigenvalue weighted by atomic mass is 35.5. The number of likely N-dealkylation sites (tertiary alicyclic amines) is 1. The van der Waals surface area contributed by atoms with Crippen molar-refractivity contribution in [2.75, 3.05) is 25.5 Å². The first-order valence-electron chi connectivity index (χ1n) is 9.35. The van der Waals surface area contributed by atoms with Crippen LogP contribution in [0.5, 0.6) is 0 Å². The maximum absolute atomic E-state index is 14.4. The zero-order chi connectivity index (χ0) is 22.1. The van der Waals surface area contributed by atoms with Crippen molar-refractivity contribution >= 4 is 40.5 Å². The van der Waals surface area contributed by atoms with Crippen LogP contribution in [0, 0.1) is 0 Å². The van der Waals surface area contributed by atoms with Crippen LogP contribution in [0.15, 0.2) is 12.4 Å². The monoisotopic (exact) mass is 439 g/mol. The Morgan fingerprint density at radius 2 is 2.00 bits per heavy atom. The Bertz CT molecular complexity index is 968. The lowest BCUT2D eigenvalue weighted by molar-refractivity contribution is 0.0124. The Hall–Kier alpha value is -2.75. The number of alkyl halides is 1. The number of pyridine rings is 1. The van der Waals surface area contributed by atoms with Crippen molar-refractivity contribution in [2.45, 2.75) is 45.0 Å². The number of halogens is 2. The predicted octanol–water partition coefficient (Wildman–Crippen LogP) is 3.22. The number of esters is 1. The summed E-state index contributed by atoms with van der Waals surface area (Å²) < 4.78 is 24.5. The number of piperidine rings is 1. The Morgan fingerprint density at radius 3 is 2.67 bits per heavy atom. The number of aromatic nitrogens is 3. The molecule has 1 saturated heterocycles. The van der Waals surface area contributed by atoms with Crippen LogP contribution in [0.1, 0.15) is 37.6 Å². The molecule has 0 bridgehead atoms. The van der Waals surface area contributed by atoms with Gasteiger partial charge in [0.2, 0.25) is 0 Å². The van der Waals surface area contributed by atoms with Crippen molar-refractivity contribution in [2.24, 2.45) is 0 Å². The van der Waals surface area contributed by atoms with Gasteiger partial charge in [-0.05, 0) is 26.8 Å². The zero-order valence-electron chi connectivity index (χ0n) is 17.1. The lowest BCUT2D eigenvalue weighted by atomic mass is 10.0. The smallest absolute Gasteiger partial charge is 0.410 e. The van der Waals surface area contributed by atoms with E-state index in [0.29, 0.717) is 0 Å². The molecule has 3 rings (SSSR count). The zero-order valence-corrected chi connectivity index (χ0v) is 17.9. The number of anilines is 1. The summed E-state index contributed by atoms with van der Waals surface area (Å²) in [5, 5.41) is 3.16. The Labute approximate surface area is 177 Å². The van der Waals surface area contributed by atoms with Crippen molar-refractivity contribution in [3.05, 3.63) is 23.1 Å². The molecule has 30 heavy (non-hydrogen) atoms. The number of nitrogens with zero attached hydrogens (tertiary/aromatic N) is 4. The molecule has 162 valence electrons. The van der Waals surface area contributed by atoms with E-state index < -0.39 is 29.9 Å². The van der Waals surface area contributed by atoms with E-state index in [9.17, 15) is 14.0 Å². The molecule has 0 saturated carbocycles. The number of rotatable bonds is 3. The molecule has 1 amide bonds. The molecule has 2 aromatic rings. The van der Waals surface area contributed by atoms with Crippen molar-refractivity contribution in [3.63, 3.8) is 0 Å². The first-order valence-corrected chi connectivity index (χ1v) is 9.73. The number of hydrogen-bond donors (Lipinski definition) is 1. The second-order valence-corrected chi connectivity index (χ2v) is 8.35. The van der Waals surface area contributed by atoms with Gasteiger partial charge >= 0.3 is 12.1 Å². The molecule has 0 unspecified atom stereocenters. The minimum atomic E-state index is -1.24. The third-order valence-electron chi connectivity index (χ3n) is 4.36. The minimum Gasteiger partial charge on any atom is -0.465 e. The molecule has 1 aliphatic rings. The molecule has 0 aliphatic carbocycles. The third kappa shape index (κ3) is 5.05. The molecule has 0 aromatic carbocycles. The van der Waals surface area contributed by atoms with E-state index in [1.807, 2.05) is 0 Å². The maximum Gasteiger partial charge on any atom is 0.410 e. The first kappa shape index (κ1) is 21.9. The van der Waals surface area contributed by atoms with E-state index in [4.69, 9.17) is 21.1 Å². The summed E-state index contributed by atoms with van der Waals surface area (Å²) in [6.07, 6.45) is -0.402. The van der Waals surface area contributed by atoms with Crippen LogP contribution < -0.4 is 5.32 Å². The molecule has 9 nitrogen and oxygen atoms in total. The fraction of sp³-hybridized carbons (Fsp3) is 0.526. The summed E-state index contributed by atoms with van der Waals surface area (Å²) in [6.45, 7) is 5.41. The van der Waals surface area contributed by atoms with E-state index in [-0.39, 0.29) is 47.1 Å². The Balaban J connectivity index is 1.87. The van der Waals surface area contributed by atoms with Gasteiger partial charge in [-0.15, -0.1) is 0 Å². The summed E-state index contributed by atoms with van der Waals surface area (Å²) in [6, 6.07) is 0.899. The fourth-order valence-electron chi connectivity index (χ4n) is 3.19. The topological polar surface area (TPSA) is 107 Å². The van der Waals surface area contributed by atoms with E-state index in [2.05, 4.69) is 20.3 Å². The largest absolute Gasteiger partial charge is 0.465 e. The van der Waals surface area contributed by atoms with Crippen LogP contribution in [-0.2, 0) is 9.47 Å². The number of ether oxygens (including phenoxy) is 2. The van der Waals surface area contributed by atoms with Crippen LogP contribution in [0.4, 0.5) is 15.0 Å². The van der Waals surface area contributed by atoms with Crippen LogP contribution in [-0.4, -0.2) is 69.9 Å². The lowest BCUT2D eigenvalue weighted by Gasteiger charge is -2.36. The van der Waals surface area contributed by atoms with Crippen molar-refractivity contribution < 1.29 is 23.5 Å². The van der Waals surface area contributed by atoms with E-state index in [0.717, 1.165) is 0 Å². The average molecular weight is 440 g/mol. The van der Waals surface area contributed by atoms with Gasteiger partial charge in [-0.2, -0.15) is 0 Å². The van der Waals surface area contributed by atoms with Gasteiger partial charge in [0.05, 0.1) is 19.2 Å². The predicted molar refractivity (Wildman–Crippen MR) is 108 cm³/mol. The van der Waals surface area contributed by atoms with Gasteiger partial charge < -0.3 is 19.7 Å². The van der Waals surface area contributed by atoms with Crippen LogP contribution >= 0.6 is 11.6 Å². The quantitative estimate of drug-likeness (QED) is 0.573. The van der Waals surface area contributed by atoms with Gasteiger partial charge in [-0.25, -0.2) is 28.9 Å². The molecule has 0 spiro atoms. The van der Waals surface area contributed by atoms with Crippen molar-refractivity contribution in [1.29, 1.82) is 0 Å². The van der Waals surface area contributed by atoms with Crippen LogP contribution in [0.2, 0.25) is 5.15 Å². The molecule has 2 atom stereocenters. The van der Waals surface area contributed by atoms with Gasteiger partial charge in [0.25, 0.3) is 0 Å². The van der Waals surface area contributed by atoms with E-state index in [1.165, 1.54) is 24.4 Å². The number of hydrogen-bond acceptors (Lipinski definition) is 8. The Kier molecular flexibility index (Phi) is 6.25. The van der Waals surface area contributed by atoms with E-state index >= 15 is 0 Å². The number of amides is 1. The van der Waals surface area contributed by atoms with E-state index in [1.54, 1.807) is 20.8 Å². The summed E-state index contributed by atoms with van der Waals surface area (Å²) in [4.78, 5) is 38.2. The minimum absolute atomic E-state index is 0.0474. The number of nitrogens with one attached hydrogen (secondary N) is 1. The molecular weight excluding hydrogens is 417 g/mol. The highest BCUT2D eigenvalue weighted by Gasteiger charge is 2.33. The third-order valence-corrected chi connectivity index (χ3v) is 4.55. The highest BCUT2D eigenvalue weighted by molar-refractivity contribution is 6.30. The molecule has 1 fully saturated rings. The molecule has 3 heterocycles. The molecule has 11 heteroatoms. The van der Waals surface area contributed by atoms with Crippen LogP contribution in [0.25, 0.3) is 11.0 Å². The Morgan fingerprint density at radius 1 is 1.27 bits per heavy atom. The SMILES string of the molecule is COC(=O)c1cc(Cl)nc2c(N[C@H]3C[C@H](F)CN(C(=O)OC(C)(C)C)C3)ncnc12. The molecule has 2 aromatic heterocycles. The maximum atomic E-state index is 14.4. The molecule has 1 aliphatic heterocycles. The van der Waals surface area contributed by atoms with Gasteiger partial charge in [0.1, 0.15) is 34.3 Å². The summed E-state index contributed by atoms with van der Waals surface area (Å²) in [5.74, 6) is -0.345. The normalized spacial score (nSPS) is 19.5. The number of carbonyl (C=O) groups excluding carboxylic acids is 2. The summed E-state index contributed by atoms with van der Waals surface area (Å²) in [5.41, 5.74) is -0.0484. The summed E-state index contributed by atoms with van der Waals surface area (Å²) >= 11 is 6.06. The van der Waals surface area contributed by atoms with Gasteiger partial charge in [0, 0.05) is 19.0 Å². The average Bonchev–Trinajstić information content (AvgIpc) is 2.65. The van der Waals surface area contributed by atoms with Gasteiger partial charge in [-0.3, -0.25) is 0 Å². The molecule has 0 radical (unpaired) electrons. The lowest BCUT2D eigenvalue weighted by Crippen LogP contribution is -2.51. The van der Waals surface area contributed by atoms with Crippen LogP contribution in [0.3, 0.4) is 0 Å². The molecule has 1 N–H and O–H groups in total. The fourth-order valence-corrected chi connectivity index (χ4v) is 3.38. The van der Waals surface area contributed by atoms with Crippen molar-refractivity contribution in [3.8, 4) is 0 Å². The van der Waals surface area contributed by atoms with Gasteiger partial charge in [-0.1, -0.05) is 11.6 Å². The first-order chi connectivity index (χ1) is 14.1. The molecular formula is C19H23ClFN5O4. The summed E-state index contributed by atoms with van der Waals surface area (Å²) in [7, 11) is 1.25. The number of carbonyl (C=O) groups is 2. The number of fused-ring (bicyclic) bond motifs is 1. The standard InChI is InChI=1S/C19H23ClFN5O4/c1-19(2,3)30-18(28)26-7-10(21)5-11(8-26)24-16-15-14(22-9-23-16)12(17(27)29-4)6-13(20)25-15/h6,9-11H,5,7-8H2,1-4H3,(H,22,23,24)/t10-,11-/m0/s1. The second kappa shape index (κ2) is 8.55. The highest BCUT2D eigenvalue weighted by Crippen LogP contribution is 2.26. The second-order valence-electron chi connectivity index (χ2n) is 7.96. The number of methoxy groups -OCH3 is 1. The van der Waals surface area contributed by atoms with Gasteiger partial charge in [0.15, 0.2) is 5.82 Å².